The molecule has 2 aromatic carbocycles. The number of aryl methyl sites for hydroxylation is 3. The van der Waals surface area contributed by atoms with Gasteiger partial charge in [-0.2, -0.15) is 15.8 Å². The molecule has 0 bridgehead atoms. The van der Waals surface area contributed by atoms with Crippen LogP contribution in [-0.4, -0.2) is 31.8 Å². The molecule has 0 N–H and O–H groups in total. The van der Waals surface area contributed by atoms with Gasteiger partial charge in [0.1, 0.15) is 12.4 Å². The van der Waals surface area contributed by atoms with Gasteiger partial charge in [-0.25, -0.2) is 9.59 Å². The minimum absolute atomic E-state index is 0.0460. The molecule has 0 aromatic heterocycles. The third kappa shape index (κ3) is 13.7. The van der Waals surface area contributed by atoms with Crippen molar-refractivity contribution in [3.63, 3.8) is 0 Å². The fourth-order valence-electron chi connectivity index (χ4n) is 7.50. The molecule has 0 amide bonds. The Hall–Kier alpha value is -4.87. The second-order valence-electron chi connectivity index (χ2n) is 15.5. The second-order valence-corrected chi connectivity index (χ2v) is 15.5. The van der Waals surface area contributed by atoms with Gasteiger partial charge in [0.2, 0.25) is 0 Å². The molecule has 0 atom stereocenters. The van der Waals surface area contributed by atoms with Gasteiger partial charge in [0.25, 0.3) is 0 Å². The summed E-state index contributed by atoms with van der Waals surface area (Å²) in [5.41, 5.74) is 6.18. The van der Waals surface area contributed by atoms with Gasteiger partial charge in [-0.3, -0.25) is 0 Å². The van der Waals surface area contributed by atoms with Crippen LogP contribution in [0.15, 0.2) is 54.6 Å². The van der Waals surface area contributed by atoms with E-state index in [9.17, 15) is 25.4 Å². The Labute approximate surface area is 330 Å². The molecule has 0 unspecified atom stereocenters. The molecule has 0 aliphatic heterocycles. The maximum Gasteiger partial charge on any atom is 0.333 e. The van der Waals surface area contributed by atoms with Crippen molar-refractivity contribution in [2.24, 2.45) is 11.3 Å². The van der Waals surface area contributed by atoms with Crippen LogP contribution in [0.5, 0.6) is 5.75 Å². The lowest BCUT2D eigenvalue weighted by molar-refractivity contribution is -0.143. The van der Waals surface area contributed by atoms with Gasteiger partial charge < -0.3 is 14.2 Å². The summed E-state index contributed by atoms with van der Waals surface area (Å²) in [5.74, 6) is 1.01. The third-order valence-electron chi connectivity index (χ3n) is 10.8. The van der Waals surface area contributed by atoms with E-state index in [1.807, 2.05) is 0 Å². The molecule has 3 rings (SSSR count). The van der Waals surface area contributed by atoms with Crippen molar-refractivity contribution in [3.8, 4) is 35.1 Å². The number of benzene rings is 2. The second kappa shape index (κ2) is 23.1. The monoisotopic (exact) mass is 747 g/mol. The van der Waals surface area contributed by atoms with E-state index in [0.29, 0.717) is 49.3 Å². The predicted molar refractivity (Wildman–Crippen MR) is 217 cm³/mol. The molecule has 0 saturated heterocycles. The van der Waals surface area contributed by atoms with E-state index in [-0.39, 0.29) is 38.2 Å². The Morgan fingerprint density at radius 1 is 0.782 bits per heavy atom. The van der Waals surface area contributed by atoms with Gasteiger partial charge in [-0.15, -0.1) is 0 Å². The maximum absolute atomic E-state index is 12.4. The first kappa shape index (κ1) is 44.5. The molecule has 1 aliphatic rings. The minimum atomic E-state index is -1.08. The first-order chi connectivity index (χ1) is 26.5. The third-order valence-corrected chi connectivity index (χ3v) is 10.8. The van der Waals surface area contributed by atoms with Crippen molar-refractivity contribution >= 4 is 11.9 Å². The van der Waals surface area contributed by atoms with Crippen LogP contribution in [0.25, 0.3) is 11.1 Å². The van der Waals surface area contributed by atoms with E-state index in [4.69, 9.17) is 14.2 Å². The Bertz CT molecular complexity index is 1730. The molecule has 1 aliphatic carbocycles. The summed E-state index contributed by atoms with van der Waals surface area (Å²) in [6.45, 7) is 14.9. The standard InChI is InChI=1S/C47H61N3O5/c1-7-9-10-14-36-17-19-38(20-18-36)39-21-22-43(37(8-2)29-39)42-30-40(15-11-12-25-48)44(41(31-42)16-13-28-53-45(51)34(3)4)54-32-47(23-26-49,24-27-50)33-55-46(52)35(5)6/h21-22,29-31,36,38H,3,5,7-20,23-24,28,32-33H2,1-2,4,6H3. The zero-order valence-corrected chi connectivity index (χ0v) is 33.8. The highest BCUT2D eigenvalue weighted by Gasteiger charge is 2.34. The van der Waals surface area contributed by atoms with Crippen LogP contribution in [0.3, 0.4) is 0 Å². The quantitative estimate of drug-likeness (QED) is 0.0623. The number of carbonyl (C=O) groups excluding carboxylic acids is 2. The molecular formula is C47H61N3O5. The predicted octanol–water partition coefficient (Wildman–Crippen LogP) is 11.0. The lowest BCUT2D eigenvalue weighted by atomic mass is 9.76. The van der Waals surface area contributed by atoms with E-state index in [2.05, 4.69) is 75.5 Å². The van der Waals surface area contributed by atoms with Crippen LogP contribution < -0.4 is 4.74 Å². The fraction of sp³-hybridized carbons (Fsp3) is 0.553. The maximum atomic E-state index is 12.4. The smallest absolute Gasteiger partial charge is 0.333 e. The molecular weight excluding hydrogens is 687 g/mol. The highest BCUT2D eigenvalue weighted by Crippen LogP contribution is 2.41. The van der Waals surface area contributed by atoms with Gasteiger partial charge in [0.15, 0.2) is 0 Å². The van der Waals surface area contributed by atoms with Crippen LogP contribution in [0, 0.1) is 45.3 Å². The van der Waals surface area contributed by atoms with Crippen molar-refractivity contribution in [2.75, 3.05) is 19.8 Å². The van der Waals surface area contributed by atoms with Crippen LogP contribution in [0.4, 0.5) is 0 Å². The molecule has 2 aromatic rings. The average molecular weight is 748 g/mol. The average Bonchev–Trinajstić information content (AvgIpc) is 3.18. The number of carbonyl (C=O) groups is 2. The Kier molecular flexibility index (Phi) is 18.7. The summed E-state index contributed by atoms with van der Waals surface area (Å²) < 4.78 is 17.6. The highest BCUT2D eigenvalue weighted by atomic mass is 16.5. The van der Waals surface area contributed by atoms with E-state index < -0.39 is 17.4 Å². The summed E-state index contributed by atoms with van der Waals surface area (Å²) in [5, 5.41) is 29.0. The SMILES string of the molecule is C=C(C)C(=O)OCCCc1cc(-c2ccc(C3CCC(CCCCC)CC3)cc2CC)cc(CCCC#N)c1OCC(CC#N)(CC#N)COC(=O)C(=C)C. The highest BCUT2D eigenvalue weighted by molar-refractivity contribution is 5.87. The largest absolute Gasteiger partial charge is 0.492 e. The van der Waals surface area contributed by atoms with Crippen LogP contribution >= 0.6 is 0 Å². The lowest BCUT2D eigenvalue weighted by Gasteiger charge is -2.30. The Balaban J connectivity index is 2.04. The topological polar surface area (TPSA) is 133 Å². The van der Waals surface area contributed by atoms with Crippen molar-refractivity contribution in [1.82, 2.24) is 0 Å². The van der Waals surface area contributed by atoms with Crippen LogP contribution in [0.2, 0.25) is 0 Å². The first-order valence-electron chi connectivity index (χ1n) is 20.2. The first-order valence-corrected chi connectivity index (χ1v) is 20.2. The zero-order valence-electron chi connectivity index (χ0n) is 33.8. The van der Waals surface area contributed by atoms with E-state index in [1.54, 1.807) is 13.8 Å². The molecule has 1 fully saturated rings. The van der Waals surface area contributed by atoms with Crippen LogP contribution in [-0.2, 0) is 38.3 Å². The van der Waals surface area contributed by atoms with Gasteiger partial charge >= 0.3 is 11.9 Å². The number of hydrogen-bond acceptors (Lipinski definition) is 8. The van der Waals surface area contributed by atoms with Gasteiger partial charge in [-0.05, 0) is 129 Å². The number of hydrogen-bond donors (Lipinski definition) is 0. The number of rotatable bonds is 23. The number of unbranched alkanes of at least 4 members (excludes halogenated alkanes) is 3. The number of nitrogens with zero attached hydrogens (tertiary/aromatic N) is 3. The van der Waals surface area contributed by atoms with Gasteiger partial charge in [0.05, 0.1) is 36.8 Å². The number of esters is 2. The molecule has 8 heteroatoms. The summed E-state index contributed by atoms with van der Waals surface area (Å²) >= 11 is 0. The summed E-state index contributed by atoms with van der Waals surface area (Å²) in [7, 11) is 0. The molecule has 8 nitrogen and oxygen atoms in total. The molecule has 294 valence electrons. The summed E-state index contributed by atoms with van der Waals surface area (Å²) in [6, 6.07) is 17.8. The Morgan fingerprint density at radius 2 is 1.42 bits per heavy atom. The number of ether oxygens (including phenoxy) is 3. The fourth-order valence-corrected chi connectivity index (χ4v) is 7.50. The summed E-state index contributed by atoms with van der Waals surface area (Å²) in [6.07, 6.45) is 13.7. The van der Waals surface area contributed by atoms with Crippen molar-refractivity contribution < 1.29 is 23.8 Å². The van der Waals surface area contributed by atoms with E-state index in [0.717, 1.165) is 34.6 Å². The molecule has 0 radical (unpaired) electrons. The zero-order chi connectivity index (χ0) is 40.2. The molecule has 1 saturated carbocycles. The lowest BCUT2D eigenvalue weighted by Crippen LogP contribution is -2.35. The molecule has 55 heavy (non-hydrogen) atoms. The summed E-state index contributed by atoms with van der Waals surface area (Å²) in [4.78, 5) is 24.5. The Morgan fingerprint density at radius 3 is 2.00 bits per heavy atom. The molecule has 0 heterocycles. The van der Waals surface area contributed by atoms with E-state index >= 15 is 0 Å². The minimum Gasteiger partial charge on any atom is -0.492 e. The van der Waals surface area contributed by atoms with Crippen molar-refractivity contribution in [3.05, 3.63) is 76.9 Å². The van der Waals surface area contributed by atoms with Gasteiger partial charge in [0, 0.05) is 30.4 Å². The molecule has 0 spiro atoms. The van der Waals surface area contributed by atoms with Crippen molar-refractivity contribution in [2.45, 2.75) is 136 Å². The number of nitriles is 3. The van der Waals surface area contributed by atoms with Gasteiger partial charge in [-0.1, -0.05) is 70.9 Å². The van der Waals surface area contributed by atoms with Crippen molar-refractivity contribution in [1.29, 1.82) is 15.8 Å². The van der Waals surface area contributed by atoms with Crippen LogP contribution in [0.1, 0.15) is 139 Å². The van der Waals surface area contributed by atoms with E-state index in [1.165, 1.54) is 62.5 Å². The normalized spacial score (nSPS) is 15.2.